The molecule has 0 aliphatic heterocycles. The molecule has 1 nitrogen and oxygen atoms in total. The van der Waals surface area contributed by atoms with Crippen molar-refractivity contribution in [2.24, 2.45) is 22.7 Å². The average Bonchev–Trinajstić information content (AvgIpc) is 2.38. The Bertz CT molecular complexity index is 328. The summed E-state index contributed by atoms with van der Waals surface area (Å²) in [5, 5.41) is 0. The third-order valence-corrected chi connectivity index (χ3v) is 5.89. The van der Waals surface area contributed by atoms with Crippen molar-refractivity contribution >= 4 is 0 Å². The zero-order valence-corrected chi connectivity index (χ0v) is 15.6. The first kappa shape index (κ1) is 18.6. The van der Waals surface area contributed by atoms with Crippen LogP contribution in [0.15, 0.2) is 12.3 Å². The number of hydrogen-bond acceptors (Lipinski definition) is 1. The second-order valence-corrected chi connectivity index (χ2v) is 8.70. The second-order valence-electron chi connectivity index (χ2n) is 8.70. The van der Waals surface area contributed by atoms with Crippen molar-refractivity contribution in [1.82, 2.24) is 0 Å². The minimum absolute atomic E-state index is 0.121. The summed E-state index contributed by atoms with van der Waals surface area (Å²) >= 11 is 0. The van der Waals surface area contributed by atoms with E-state index in [9.17, 15) is 0 Å². The van der Waals surface area contributed by atoms with Crippen molar-refractivity contribution in [3.8, 4) is 0 Å². The minimum Gasteiger partial charge on any atom is -0.495 e. The molecule has 0 aromatic rings. The Labute approximate surface area is 133 Å². The van der Waals surface area contributed by atoms with Crippen LogP contribution in [0.3, 0.4) is 0 Å². The number of ether oxygens (including phenoxy) is 1. The van der Waals surface area contributed by atoms with Crippen LogP contribution in [0.1, 0.15) is 87.0 Å². The normalized spacial score (nSPS) is 26.5. The standard InChI is InChI=1S/C20H38O/c1-9-14-20(8,15(2)3)16(4)21-18-12-10-17(11-13-18)19(5,6)7/h15,17-18H,4,9-14H2,1-3,5-8H3. The van der Waals surface area contributed by atoms with Gasteiger partial charge in [0, 0.05) is 5.41 Å². The molecule has 1 unspecified atom stereocenters. The maximum atomic E-state index is 6.34. The van der Waals surface area contributed by atoms with E-state index in [-0.39, 0.29) is 5.41 Å². The summed E-state index contributed by atoms with van der Waals surface area (Å²) in [5.74, 6) is 2.45. The van der Waals surface area contributed by atoms with Gasteiger partial charge in [0.25, 0.3) is 0 Å². The molecule has 0 N–H and O–H groups in total. The molecule has 1 aliphatic rings. The molecule has 0 saturated heterocycles. The van der Waals surface area contributed by atoms with Crippen LogP contribution in [0.2, 0.25) is 0 Å². The molecule has 0 amide bonds. The Kier molecular flexibility index (Phi) is 6.37. The van der Waals surface area contributed by atoms with Crippen LogP contribution >= 0.6 is 0 Å². The Balaban J connectivity index is 2.57. The topological polar surface area (TPSA) is 9.23 Å². The van der Waals surface area contributed by atoms with Crippen LogP contribution in [0.25, 0.3) is 0 Å². The molecule has 1 rings (SSSR count). The van der Waals surface area contributed by atoms with Gasteiger partial charge >= 0.3 is 0 Å². The van der Waals surface area contributed by atoms with Gasteiger partial charge in [0.2, 0.25) is 0 Å². The molecular weight excluding hydrogens is 256 g/mol. The van der Waals surface area contributed by atoms with E-state index in [1.54, 1.807) is 0 Å². The van der Waals surface area contributed by atoms with E-state index in [0.29, 0.717) is 17.4 Å². The molecule has 1 fully saturated rings. The fourth-order valence-corrected chi connectivity index (χ4v) is 3.65. The molecule has 1 aliphatic carbocycles. The third kappa shape index (κ3) is 4.76. The second kappa shape index (κ2) is 7.20. The molecular formula is C20H38O. The van der Waals surface area contributed by atoms with E-state index in [4.69, 9.17) is 4.74 Å². The highest BCUT2D eigenvalue weighted by Crippen LogP contribution is 2.43. The quantitative estimate of drug-likeness (QED) is 0.502. The summed E-state index contributed by atoms with van der Waals surface area (Å²) in [6, 6.07) is 0. The van der Waals surface area contributed by atoms with Crippen LogP contribution in [0.4, 0.5) is 0 Å². The maximum absolute atomic E-state index is 6.34. The van der Waals surface area contributed by atoms with Gasteiger partial charge in [-0.05, 0) is 49.4 Å². The first-order valence-corrected chi connectivity index (χ1v) is 8.97. The van der Waals surface area contributed by atoms with E-state index in [2.05, 4.69) is 55.0 Å². The summed E-state index contributed by atoms with van der Waals surface area (Å²) in [6.45, 7) is 20.6. The van der Waals surface area contributed by atoms with Gasteiger partial charge in [0.1, 0.15) is 0 Å². The summed E-state index contributed by atoms with van der Waals surface area (Å²) in [6.07, 6.45) is 7.74. The molecule has 0 radical (unpaired) electrons. The minimum atomic E-state index is 0.121. The predicted molar refractivity (Wildman–Crippen MR) is 93.3 cm³/mol. The molecule has 0 bridgehead atoms. The van der Waals surface area contributed by atoms with Gasteiger partial charge in [-0.2, -0.15) is 0 Å². The predicted octanol–water partition coefficient (Wildman–Crippen LogP) is 6.58. The zero-order valence-electron chi connectivity index (χ0n) is 15.6. The van der Waals surface area contributed by atoms with Gasteiger partial charge in [0.15, 0.2) is 0 Å². The first-order valence-electron chi connectivity index (χ1n) is 8.97. The highest BCUT2D eigenvalue weighted by molar-refractivity contribution is 5.04. The van der Waals surface area contributed by atoms with E-state index in [1.807, 2.05) is 0 Å². The Hall–Kier alpha value is -0.460. The molecule has 0 aromatic heterocycles. The van der Waals surface area contributed by atoms with Gasteiger partial charge in [-0.3, -0.25) is 0 Å². The van der Waals surface area contributed by atoms with Crippen molar-refractivity contribution in [3.63, 3.8) is 0 Å². The molecule has 1 saturated carbocycles. The molecule has 0 spiro atoms. The van der Waals surface area contributed by atoms with Crippen molar-refractivity contribution in [2.75, 3.05) is 0 Å². The zero-order chi connectivity index (χ0) is 16.3. The summed E-state index contributed by atoms with van der Waals surface area (Å²) in [5.41, 5.74) is 0.562. The lowest BCUT2D eigenvalue weighted by molar-refractivity contribution is 0.00493. The highest BCUT2D eigenvalue weighted by Gasteiger charge is 2.35. The van der Waals surface area contributed by atoms with Crippen LogP contribution < -0.4 is 0 Å². The Morgan fingerprint density at radius 1 is 1.10 bits per heavy atom. The lowest BCUT2D eigenvalue weighted by Gasteiger charge is -2.40. The van der Waals surface area contributed by atoms with Crippen LogP contribution in [-0.4, -0.2) is 6.10 Å². The van der Waals surface area contributed by atoms with Gasteiger partial charge in [0.05, 0.1) is 11.9 Å². The van der Waals surface area contributed by atoms with E-state index >= 15 is 0 Å². The summed E-state index contributed by atoms with van der Waals surface area (Å²) < 4.78 is 6.34. The van der Waals surface area contributed by atoms with Crippen molar-refractivity contribution in [1.29, 1.82) is 0 Å². The Morgan fingerprint density at radius 3 is 2.00 bits per heavy atom. The van der Waals surface area contributed by atoms with Crippen molar-refractivity contribution < 1.29 is 4.74 Å². The lowest BCUT2D eigenvalue weighted by Crippen LogP contribution is -2.33. The molecule has 124 valence electrons. The highest BCUT2D eigenvalue weighted by atomic mass is 16.5. The van der Waals surface area contributed by atoms with E-state index in [0.717, 1.165) is 11.7 Å². The number of rotatable bonds is 6. The van der Waals surface area contributed by atoms with Crippen molar-refractivity contribution in [2.45, 2.75) is 93.1 Å². The van der Waals surface area contributed by atoms with E-state index < -0.39 is 0 Å². The van der Waals surface area contributed by atoms with Gasteiger partial charge < -0.3 is 4.74 Å². The largest absolute Gasteiger partial charge is 0.495 e. The first-order chi connectivity index (χ1) is 9.61. The molecule has 0 aromatic carbocycles. The molecule has 1 heteroatoms. The van der Waals surface area contributed by atoms with Crippen LogP contribution in [-0.2, 0) is 4.74 Å². The Morgan fingerprint density at radius 2 is 1.62 bits per heavy atom. The smallest absolute Gasteiger partial charge is 0.0982 e. The maximum Gasteiger partial charge on any atom is 0.0982 e. The average molecular weight is 295 g/mol. The third-order valence-electron chi connectivity index (χ3n) is 5.89. The number of allylic oxidation sites excluding steroid dienone is 1. The van der Waals surface area contributed by atoms with Gasteiger partial charge in [-0.15, -0.1) is 0 Å². The van der Waals surface area contributed by atoms with Crippen LogP contribution in [0.5, 0.6) is 0 Å². The fraction of sp³-hybridized carbons (Fsp3) is 0.900. The van der Waals surface area contributed by atoms with Gasteiger partial charge in [-0.25, -0.2) is 0 Å². The fourth-order valence-electron chi connectivity index (χ4n) is 3.65. The number of hydrogen-bond donors (Lipinski definition) is 0. The SMILES string of the molecule is C=C(OC1CCC(C(C)(C)C)CC1)C(C)(CCC)C(C)C. The monoisotopic (exact) mass is 294 g/mol. The lowest BCUT2D eigenvalue weighted by atomic mass is 9.71. The van der Waals surface area contributed by atoms with Crippen LogP contribution in [0, 0.1) is 22.7 Å². The molecule has 1 atom stereocenters. The molecule has 21 heavy (non-hydrogen) atoms. The van der Waals surface area contributed by atoms with Crippen molar-refractivity contribution in [3.05, 3.63) is 12.3 Å². The summed E-state index contributed by atoms with van der Waals surface area (Å²) in [7, 11) is 0. The van der Waals surface area contributed by atoms with E-state index in [1.165, 1.54) is 38.5 Å². The van der Waals surface area contributed by atoms with Gasteiger partial charge in [-0.1, -0.05) is 61.5 Å². The molecule has 0 heterocycles. The summed E-state index contributed by atoms with van der Waals surface area (Å²) in [4.78, 5) is 0.